The molecule has 0 amide bonds. The minimum Gasteiger partial charge on any atom is -0.278 e. The third-order valence-corrected chi connectivity index (χ3v) is 12.2. The lowest BCUT2D eigenvalue weighted by molar-refractivity contribution is 0.644. The average molecular weight is 741 g/mol. The minimum absolute atomic E-state index is 0.0253. The number of fused-ring (bicyclic) bond motifs is 11. The van der Waals surface area contributed by atoms with E-state index in [1.54, 1.807) is 0 Å². The van der Waals surface area contributed by atoms with Crippen LogP contribution in [0.5, 0.6) is 0 Å². The zero-order chi connectivity index (χ0) is 38.5. The number of rotatable bonds is 4. The zero-order valence-electron chi connectivity index (χ0n) is 32.1. The Bertz CT molecular complexity index is 3520. The maximum absolute atomic E-state index is 5.17. The molecule has 2 heterocycles. The van der Waals surface area contributed by atoms with Crippen molar-refractivity contribution in [2.24, 2.45) is 5.41 Å². The Morgan fingerprint density at radius 2 is 0.983 bits per heavy atom. The normalized spacial score (nSPS) is 14.3. The van der Waals surface area contributed by atoms with Gasteiger partial charge in [0.15, 0.2) is 11.6 Å². The Morgan fingerprint density at radius 3 is 1.67 bits per heavy atom. The molecular formula is C54H36N4. The molecule has 0 spiro atoms. The van der Waals surface area contributed by atoms with Gasteiger partial charge in [-0.15, -0.1) is 0 Å². The van der Waals surface area contributed by atoms with Crippen LogP contribution in [0.3, 0.4) is 0 Å². The zero-order valence-corrected chi connectivity index (χ0v) is 32.1. The van der Waals surface area contributed by atoms with Crippen LogP contribution in [-0.2, 0) is 0 Å². The molecule has 4 heteroatoms. The van der Waals surface area contributed by atoms with Crippen molar-refractivity contribution in [3.63, 3.8) is 0 Å². The lowest BCUT2D eigenvalue weighted by atomic mass is 9.77. The van der Waals surface area contributed by atoms with Crippen LogP contribution in [0.2, 0.25) is 0 Å². The Morgan fingerprint density at radius 1 is 0.448 bits per heavy atom. The van der Waals surface area contributed by atoms with Crippen molar-refractivity contribution in [1.82, 2.24) is 19.5 Å². The molecule has 2 aliphatic rings. The SMILES string of the molecule is CC1(C)C=CC=C2C=c3cc4c5ccccc5c5cc(-c6ccc(-c7nc(-c8ccccc8)nc(-n8c9ccccc9c9ccccc98)n7)cc6)ccc5c4cc3=C21. The molecule has 272 valence electrons. The van der Waals surface area contributed by atoms with Crippen LogP contribution in [0, 0.1) is 5.41 Å². The highest BCUT2D eigenvalue weighted by Crippen LogP contribution is 2.41. The van der Waals surface area contributed by atoms with Crippen LogP contribution in [0.4, 0.5) is 0 Å². The maximum atomic E-state index is 5.17. The number of hydrogen-bond acceptors (Lipinski definition) is 3. The molecule has 8 aromatic carbocycles. The van der Waals surface area contributed by atoms with E-state index < -0.39 is 0 Å². The van der Waals surface area contributed by atoms with Crippen LogP contribution < -0.4 is 10.4 Å². The molecule has 2 aliphatic carbocycles. The Balaban J connectivity index is 1.00. The molecule has 0 N–H and O–H groups in total. The third kappa shape index (κ3) is 4.91. The fraction of sp³-hybridized carbons (Fsp3) is 0.0556. The van der Waals surface area contributed by atoms with Crippen molar-refractivity contribution in [2.45, 2.75) is 13.8 Å². The smallest absolute Gasteiger partial charge is 0.238 e. The molecule has 0 saturated heterocycles. The van der Waals surface area contributed by atoms with E-state index in [4.69, 9.17) is 15.0 Å². The van der Waals surface area contributed by atoms with E-state index in [0.717, 1.165) is 27.7 Å². The van der Waals surface area contributed by atoms with E-state index in [-0.39, 0.29) is 5.41 Å². The predicted molar refractivity (Wildman–Crippen MR) is 241 cm³/mol. The average Bonchev–Trinajstić information content (AvgIpc) is 3.82. The summed E-state index contributed by atoms with van der Waals surface area (Å²) in [5.41, 5.74) is 9.02. The maximum Gasteiger partial charge on any atom is 0.238 e. The largest absolute Gasteiger partial charge is 0.278 e. The van der Waals surface area contributed by atoms with Gasteiger partial charge >= 0.3 is 0 Å². The molecule has 0 bridgehead atoms. The molecule has 0 atom stereocenters. The number of allylic oxidation sites excluding steroid dienone is 4. The van der Waals surface area contributed by atoms with Gasteiger partial charge in [0, 0.05) is 27.3 Å². The molecule has 4 nitrogen and oxygen atoms in total. The van der Waals surface area contributed by atoms with Gasteiger partial charge in [0.2, 0.25) is 5.95 Å². The van der Waals surface area contributed by atoms with Crippen molar-refractivity contribution >= 4 is 65.8 Å². The van der Waals surface area contributed by atoms with E-state index in [1.807, 2.05) is 18.2 Å². The fourth-order valence-electron chi connectivity index (χ4n) is 9.51. The third-order valence-electron chi connectivity index (χ3n) is 12.2. The van der Waals surface area contributed by atoms with Gasteiger partial charge in [0.05, 0.1) is 11.0 Å². The summed E-state index contributed by atoms with van der Waals surface area (Å²) in [6.45, 7) is 4.64. The highest BCUT2D eigenvalue weighted by Gasteiger charge is 2.28. The van der Waals surface area contributed by atoms with Gasteiger partial charge in [-0.1, -0.05) is 159 Å². The summed E-state index contributed by atoms with van der Waals surface area (Å²) in [4.78, 5) is 15.3. The standard InChI is InChI=1S/C54H36N4/c1-54(2)28-12-15-37-29-38-31-46-40-17-7-6-16-39(40)45-30-36(26-27-41(45)47(46)32-44(38)50(37)54)33-22-24-35(25-23-33)52-55-51(34-13-4-3-5-14-34)56-53(57-52)58-48-20-10-8-18-42(48)43-19-9-11-21-49(43)58/h3-32H,1-2H3. The first kappa shape index (κ1) is 32.8. The first-order valence-corrected chi connectivity index (χ1v) is 19.9. The Kier molecular flexibility index (Phi) is 6.94. The van der Waals surface area contributed by atoms with Crippen molar-refractivity contribution in [3.05, 3.63) is 192 Å². The molecule has 0 aliphatic heterocycles. The molecule has 0 unspecified atom stereocenters. The second-order valence-electron chi connectivity index (χ2n) is 16.1. The number of nitrogens with zero attached hydrogens (tertiary/aromatic N) is 4. The minimum atomic E-state index is -0.0253. The molecule has 0 radical (unpaired) electrons. The summed E-state index contributed by atoms with van der Waals surface area (Å²) < 4.78 is 2.16. The van der Waals surface area contributed by atoms with Crippen LogP contribution >= 0.6 is 0 Å². The van der Waals surface area contributed by atoms with Crippen LogP contribution in [0.25, 0.3) is 106 Å². The highest BCUT2D eigenvalue weighted by molar-refractivity contribution is 6.26. The van der Waals surface area contributed by atoms with Crippen LogP contribution in [-0.4, -0.2) is 19.5 Å². The molecule has 0 fully saturated rings. The highest BCUT2D eigenvalue weighted by atomic mass is 15.2. The van der Waals surface area contributed by atoms with Crippen molar-refractivity contribution in [3.8, 4) is 39.9 Å². The molecule has 12 rings (SSSR count). The van der Waals surface area contributed by atoms with Gasteiger partial charge in [-0.25, -0.2) is 4.98 Å². The summed E-state index contributed by atoms with van der Waals surface area (Å²) in [5.74, 6) is 1.86. The topological polar surface area (TPSA) is 43.6 Å². The van der Waals surface area contributed by atoms with Crippen molar-refractivity contribution in [2.75, 3.05) is 0 Å². The van der Waals surface area contributed by atoms with Crippen molar-refractivity contribution < 1.29 is 0 Å². The first-order chi connectivity index (χ1) is 28.5. The van der Waals surface area contributed by atoms with E-state index in [2.05, 4.69) is 182 Å². The number of para-hydroxylation sites is 2. The first-order valence-electron chi connectivity index (χ1n) is 19.9. The van der Waals surface area contributed by atoms with Crippen LogP contribution in [0.15, 0.2) is 182 Å². The lowest BCUT2D eigenvalue weighted by Gasteiger charge is -2.26. The summed E-state index contributed by atoms with van der Waals surface area (Å²) >= 11 is 0. The number of benzene rings is 8. The summed E-state index contributed by atoms with van der Waals surface area (Å²) in [6.07, 6.45) is 9.15. The van der Waals surface area contributed by atoms with Crippen molar-refractivity contribution in [1.29, 1.82) is 0 Å². The Hall–Kier alpha value is -7.43. The predicted octanol–water partition coefficient (Wildman–Crippen LogP) is 11.9. The van der Waals surface area contributed by atoms with E-state index in [0.29, 0.717) is 17.6 Å². The Labute approximate surface area is 335 Å². The molecule has 10 aromatic rings. The quantitative estimate of drug-likeness (QED) is 0.169. The van der Waals surface area contributed by atoms with Gasteiger partial charge in [-0.05, 0) is 101 Å². The van der Waals surface area contributed by atoms with Gasteiger partial charge < -0.3 is 0 Å². The van der Waals surface area contributed by atoms with Crippen LogP contribution in [0.1, 0.15) is 13.8 Å². The van der Waals surface area contributed by atoms with E-state index in [1.165, 1.54) is 70.2 Å². The molecule has 0 saturated carbocycles. The van der Waals surface area contributed by atoms with Gasteiger partial charge in [-0.2, -0.15) is 9.97 Å². The molecular weight excluding hydrogens is 705 g/mol. The second-order valence-corrected chi connectivity index (χ2v) is 16.1. The van der Waals surface area contributed by atoms with E-state index >= 15 is 0 Å². The second kappa shape index (κ2) is 12.3. The number of aromatic nitrogens is 4. The van der Waals surface area contributed by atoms with Gasteiger partial charge in [0.25, 0.3) is 0 Å². The van der Waals surface area contributed by atoms with Gasteiger partial charge in [-0.3, -0.25) is 4.57 Å². The lowest BCUT2D eigenvalue weighted by Crippen LogP contribution is -2.27. The number of hydrogen-bond donors (Lipinski definition) is 0. The summed E-state index contributed by atoms with van der Waals surface area (Å²) in [6, 6.07) is 56.4. The van der Waals surface area contributed by atoms with Gasteiger partial charge in [0.1, 0.15) is 0 Å². The van der Waals surface area contributed by atoms with E-state index in [9.17, 15) is 0 Å². The summed E-state index contributed by atoms with van der Waals surface area (Å²) in [5, 5.41) is 12.7. The summed E-state index contributed by atoms with van der Waals surface area (Å²) in [7, 11) is 0. The molecule has 2 aromatic heterocycles. The molecule has 58 heavy (non-hydrogen) atoms. The monoisotopic (exact) mass is 740 g/mol. The fourth-order valence-corrected chi connectivity index (χ4v) is 9.51.